The van der Waals surface area contributed by atoms with Gasteiger partial charge in [0, 0.05) is 24.2 Å². The van der Waals surface area contributed by atoms with Crippen molar-refractivity contribution in [3.05, 3.63) is 16.6 Å². The Balaban J connectivity index is 2.22. The van der Waals surface area contributed by atoms with Crippen LogP contribution in [0.2, 0.25) is 0 Å². The molecule has 0 aromatic carbocycles. The van der Waals surface area contributed by atoms with E-state index in [0.29, 0.717) is 6.04 Å². The molecule has 4 heteroatoms. The van der Waals surface area contributed by atoms with Crippen molar-refractivity contribution in [1.82, 2.24) is 9.88 Å². The highest BCUT2D eigenvalue weighted by Crippen LogP contribution is 2.30. The molecule has 0 bridgehead atoms. The minimum absolute atomic E-state index is 0.265. The third-order valence-electron chi connectivity index (χ3n) is 2.40. The second-order valence-electron chi connectivity index (χ2n) is 3.25. The van der Waals surface area contributed by atoms with Gasteiger partial charge in [0.05, 0.1) is 6.04 Å². The van der Waals surface area contributed by atoms with Gasteiger partial charge < -0.3 is 5.73 Å². The van der Waals surface area contributed by atoms with Gasteiger partial charge in [-0.15, -0.1) is 11.3 Å². The Labute approximate surface area is 76.2 Å². The van der Waals surface area contributed by atoms with Crippen LogP contribution < -0.4 is 5.73 Å². The van der Waals surface area contributed by atoms with Crippen LogP contribution in [0.25, 0.3) is 0 Å². The molecule has 2 N–H and O–H groups in total. The summed E-state index contributed by atoms with van der Waals surface area (Å²) in [6.45, 7) is 1.09. The lowest BCUT2D eigenvalue weighted by atomic mass is 10.1. The van der Waals surface area contributed by atoms with E-state index in [1.54, 1.807) is 11.3 Å². The first-order valence-corrected chi connectivity index (χ1v) is 5.02. The Morgan fingerprint density at radius 2 is 2.58 bits per heavy atom. The van der Waals surface area contributed by atoms with Crippen molar-refractivity contribution in [2.45, 2.75) is 18.5 Å². The van der Waals surface area contributed by atoms with Gasteiger partial charge in [0.2, 0.25) is 0 Å². The lowest BCUT2D eigenvalue weighted by Gasteiger charge is -2.19. The van der Waals surface area contributed by atoms with Crippen molar-refractivity contribution in [1.29, 1.82) is 0 Å². The molecule has 2 heterocycles. The second-order valence-corrected chi connectivity index (χ2v) is 4.17. The molecule has 1 aromatic rings. The first-order valence-electron chi connectivity index (χ1n) is 4.14. The lowest BCUT2D eigenvalue weighted by Crippen LogP contribution is -2.29. The van der Waals surface area contributed by atoms with Crippen LogP contribution in [0.15, 0.2) is 11.6 Å². The molecule has 3 nitrogen and oxygen atoms in total. The molecule has 0 saturated carbocycles. The zero-order chi connectivity index (χ0) is 8.55. The van der Waals surface area contributed by atoms with E-state index >= 15 is 0 Å². The van der Waals surface area contributed by atoms with Crippen molar-refractivity contribution in [2.75, 3.05) is 13.6 Å². The summed E-state index contributed by atoms with van der Waals surface area (Å²) < 4.78 is 0. The number of likely N-dealkylation sites (N-methyl/N-ethyl adjacent to an activating group) is 1. The summed E-state index contributed by atoms with van der Waals surface area (Å²) in [6.07, 6.45) is 2.93. The SMILES string of the molecule is CN1CCC(N)C1c1nccs1. The highest BCUT2D eigenvalue weighted by molar-refractivity contribution is 7.09. The first-order chi connectivity index (χ1) is 5.79. The topological polar surface area (TPSA) is 42.1 Å². The van der Waals surface area contributed by atoms with Crippen LogP contribution in [0, 0.1) is 0 Å². The summed E-state index contributed by atoms with van der Waals surface area (Å²) in [5, 5.41) is 3.16. The highest BCUT2D eigenvalue weighted by Gasteiger charge is 2.31. The van der Waals surface area contributed by atoms with E-state index in [4.69, 9.17) is 5.73 Å². The van der Waals surface area contributed by atoms with E-state index < -0.39 is 0 Å². The third-order valence-corrected chi connectivity index (χ3v) is 3.25. The average Bonchev–Trinajstić information content (AvgIpc) is 2.61. The van der Waals surface area contributed by atoms with Crippen LogP contribution in [0.3, 0.4) is 0 Å². The van der Waals surface area contributed by atoms with Crippen molar-refractivity contribution in [2.24, 2.45) is 5.73 Å². The molecule has 2 unspecified atom stereocenters. The van der Waals surface area contributed by atoms with Crippen LogP contribution in [0.4, 0.5) is 0 Å². The summed E-state index contributed by atoms with van der Waals surface area (Å²) in [5.41, 5.74) is 5.99. The van der Waals surface area contributed by atoms with Crippen molar-refractivity contribution >= 4 is 11.3 Å². The smallest absolute Gasteiger partial charge is 0.111 e. The van der Waals surface area contributed by atoms with Crippen molar-refractivity contribution in [3.8, 4) is 0 Å². The molecule has 0 spiro atoms. The molecule has 2 rings (SSSR count). The second kappa shape index (κ2) is 3.12. The van der Waals surface area contributed by atoms with Gasteiger partial charge in [-0.25, -0.2) is 4.98 Å². The minimum Gasteiger partial charge on any atom is -0.326 e. The Bertz CT molecular complexity index is 237. The van der Waals surface area contributed by atoms with Crippen molar-refractivity contribution in [3.63, 3.8) is 0 Å². The van der Waals surface area contributed by atoms with Crippen LogP contribution in [-0.2, 0) is 0 Å². The quantitative estimate of drug-likeness (QED) is 0.701. The van der Waals surface area contributed by atoms with Crippen LogP contribution in [-0.4, -0.2) is 29.5 Å². The lowest BCUT2D eigenvalue weighted by molar-refractivity contribution is 0.303. The molecule has 1 aromatic heterocycles. The molecule has 12 heavy (non-hydrogen) atoms. The van der Waals surface area contributed by atoms with Gasteiger partial charge in [-0.2, -0.15) is 0 Å². The number of aromatic nitrogens is 1. The van der Waals surface area contributed by atoms with Gasteiger partial charge in [0.15, 0.2) is 0 Å². The fraction of sp³-hybridized carbons (Fsp3) is 0.625. The molecule has 0 radical (unpaired) electrons. The van der Waals surface area contributed by atoms with Crippen LogP contribution in [0.1, 0.15) is 17.5 Å². The Morgan fingerprint density at radius 3 is 3.08 bits per heavy atom. The number of nitrogens with zero attached hydrogens (tertiary/aromatic N) is 2. The van der Waals surface area contributed by atoms with Gasteiger partial charge in [-0.1, -0.05) is 0 Å². The fourth-order valence-corrected chi connectivity index (χ4v) is 2.61. The first kappa shape index (κ1) is 8.16. The number of likely N-dealkylation sites (tertiary alicyclic amines) is 1. The number of nitrogens with two attached hydrogens (primary N) is 1. The monoisotopic (exact) mass is 183 g/mol. The molecular weight excluding hydrogens is 170 g/mol. The van der Waals surface area contributed by atoms with Gasteiger partial charge in [-0.3, -0.25) is 4.90 Å². The zero-order valence-electron chi connectivity index (χ0n) is 7.10. The normalized spacial score (nSPS) is 31.2. The summed E-state index contributed by atoms with van der Waals surface area (Å²) >= 11 is 1.69. The summed E-state index contributed by atoms with van der Waals surface area (Å²) in [6, 6.07) is 0.617. The number of hydrogen-bond donors (Lipinski definition) is 1. The Kier molecular flexibility index (Phi) is 2.12. The van der Waals surface area contributed by atoms with Crippen LogP contribution in [0.5, 0.6) is 0 Å². The van der Waals surface area contributed by atoms with Gasteiger partial charge in [0.1, 0.15) is 5.01 Å². The third kappa shape index (κ3) is 1.26. The molecule has 1 aliphatic rings. The minimum atomic E-state index is 0.265. The summed E-state index contributed by atoms with van der Waals surface area (Å²) in [7, 11) is 2.11. The standard InChI is InChI=1S/C8H13N3S/c1-11-4-2-6(9)7(11)8-10-3-5-12-8/h3,5-7H,2,4,9H2,1H3. The maximum Gasteiger partial charge on any atom is 0.111 e. The average molecular weight is 183 g/mol. The van der Waals surface area contributed by atoms with E-state index in [2.05, 4.69) is 16.9 Å². The predicted octanol–water partition coefficient (Wildman–Crippen LogP) is 0.847. The summed E-state index contributed by atoms with van der Waals surface area (Å²) in [5.74, 6) is 0. The van der Waals surface area contributed by atoms with Gasteiger partial charge >= 0.3 is 0 Å². The van der Waals surface area contributed by atoms with Crippen molar-refractivity contribution < 1.29 is 0 Å². The highest BCUT2D eigenvalue weighted by atomic mass is 32.1. The number of thiazole rings is 1. The van der Waals surface area contributed by atoms with Gasteiger partial charge in [-0.05, 0) is 13.5 Å². The van der Waals surface area contributed by atoms with E-state index in [1.807, 2.05) is 11.6 Å². The maximum absolute atomic E-state index is 5.99. The number of rotatable bonds is 1. The molecule has 1 fully saturated rings. The van der Waals surface area contributed by atoms with E-state index in [-0.39, 0.29) is 6.04 Å². The molecule has 1 aliphatic heterocycles. The van der Waals surface area contributed by atoms with Crippen LogP contribution >= 0.6 is 11.3 Å². The molecule has 0 aliphatic carbocycles. The molecule has 0 amide bonds. The predicted molar refractivity (Wildman–Crippen MR) is 50.1 cm³/mol. The zero-order valence-corrected chi connectivity index (χ0v) is 7.92. The number of hydrogen-bond acceptors (Lipinski definition) is 4. The fourth-order valence-electron chi connectivity index (χ4n) is 1.73. The molecule has 1 saturated heterocycles. The Morgan fingerprint density at radius 1 is 1.75 bits per heavy atom. The van der Waals surface area contributed by atoms with Gasteiger partial charge in [0.25, 0.3) is 0 Å². The molecule has 2 atom stereocenters. The summed E-state index contributed by atoms with van der Waals surface area (Å²) in [4.78, 5) is 6.58. The largest absolute Gasteiger partial charge is 0.326 e. The molecule has 66 valence electrons. The van der Waals surface area contributed by atoms with E-state index in [1.165, 1.54) is 0 Å². The Hall–Kier alpha value is -0.450. The molecular formula is C8H13N3S. The maximum atomic E-state index is 5.99. The van der Waals surface area contributed by atoms with E-state index in [9.17, 15) is 0 Å². The van der Waals surface area contributed by atoms with E-state index in [0.717, 1.165) is 18.0 Å².